The van der Waals surface area contributed by atoms with Crippen molar-refractivity contribution in [2.45, 2.75) is 6.92 Å². The third-order valence-electron chi connectivity index (χ3n) is 1.31. The lowest BCUT2D eigenvalue weighted by atomic mass is 10.3. The van der Waals surface area contributed by atoms with Crippen molar-refractivity contribution in [3.63, 3.8) is 0 Å². The fourth-order valence-electron chi connectivity index (χ4n) is 0.756. The fraction of sp³-hybridized carbons (Fsp3) is 0.167. The van der Waals surface area contributed by atoms with Crippen LogP contribution in [0.15, 0.2) is 10.7 Å². The molecule has 12 heavy (non-hydrogen) atoms. The number of pyridine rings is 1. The number of aromatic nitrogens is 1. The van der Waals surface area contributed by atoms with E-state index in [2.05, 4.69) is 20.9 Å². The van der Waals surface area contributed by atoms with Crippen molar-refractivity contribution in [3.8, 4) is 0 Å². The Morgan fingerprint density at radius 2 is 2.33 bits per heavy atom. The molecule has 0 amide bonds. The standard InChI is InChI=1S/C6H4BrClN2O2/c1-3-6(10(11)12)5(7)4(8)2-9-3/h2H,1H3. The maximum absolute atomic E-state index is 10.5. The Hall–Kier alpha value is -0.680. The van der Waals surface area contributed by atoms with Gasteiger partial charge in [-0.3, -0.25) is 15.1 Å². The molecule has 0 N–H and O–H groups in total. The first-order valence-electron chi connectivity index (χ1n) is 2.99. The third-order valence-corrected chi connectivity index (χ3v) is 2.63. The monoisotopic (exact) mass is 250 g/mol. The number of hydrogen-bond acceptors (Lipinski definition) is 3. The molecule has 0 radical (unpaired) electrons. The number of rotatable bonds is 1. The van der Waals surface area contributed by atoms with Gasteiger partial charge in [0.25, 0.3) is 0 Å². The predicted molar refractivity (Wildman–Crippen MR) is 48.3 cm³/mol. The third kappa shape index (κ3) is 1.56. The first kappa shape index (κ1) is 9.41. The Labute approximate surface area is 81.8 Å². The molecule has 0 saturated carbocycles. The van der Waals surface area contributed by atoms with E-state index in [1.54, 1.807) is 6.92 Å². The molecular weight excluding hydrogens is 247 g/mol. The van der Waals surface area contributed by atoms with Crippen molar-refractivity contribution in [2.75, 3.05) is 0 Å². The predicted octanol–water partition coefficient (Wildman–Crippen LogP) is 2.71. The smallest absolute Gasteiger partial charge is 0.258 e. The van der Waals surface area contributed by atoms with Crippen molar-refractivity contribution in [3.05, 3.63) is 31.5 Å². The molecule has 0 unspecified atom stereocenters. The van der Waals surface area contributed by atoms with Crippen LogP contribution in [-0.2, 0) is 0 Å². The summed E-state index contributed by atoms with van der Waals surface area (Å²) >= 11 is 8.63. The zero-order valence-electron chi connectivity index (χ0n) is 6.04. The van der Waals surface area contributed by atoms with Crippen LogP contribution in [0.2, 0.25) is 5.02 Å². The molecule has 0 spiro atoms. The van der Waals surface area contributed by atoms with E-state index in [-0.39, 0.29) is 15.2 Å². The molecule has 0 aliphatic rings. The van der Waals surface area contributed by atoms with Gasteiger partial charge in [0.1, 0.15) is 10.2 Å². The van der Waals surface area contributed by atoms with E-state index in [0.717, 1.165) is 0 Å². The van der Waals surface area contributed by atoms with Crippen molar-refractivity contribution >= 4 is 33.2 Å². The molecule has 64 valence electrons. The van der Waals surface area contributed by atoms with Crippen molar-refractivity contribution in [1.29, 1.82) is 0 Å². The lowest BCUT2D eigenvalue weighted by Gasteiger charge is -1.99. The highest BCUT2D eigenvalue weighted by Gasteiger charge is 2.18. The summed E-state index contributed by atoms with van der Waals surface area (Å²) in [6.07, 6.45) is 1.37. The molecule has 0 atom stereocenters. The molecule has 1 heterocycles. The van der Waals surface area contributed by atoms with Gasteiger partial charge in [-0.05, 0) is 22.9 Å². The molecule has 1 rings (SSSR count). The minimum atomic E-state index is -0.516. The molecule has 0 aromatic carbocycles. The van der Waals surface area contributed by atoms with Gasteiger partial charge >= 0.3 is 5.69 Å². The van der Waals surface area contributed by atoms with E-state index in [4.69, 9.17) is 11.6 Å². The second-order valence-corrected chi connectivity index (χ2v) is 3.31. The first-order valence-corrected chi connectivity index (χ1v) is 4.16. The molecule has 1 aromatic heterocycles. The second kappa shape index (κ2) is 3.37. The van der Waals surface area contributed by atoms with E-state index in [1.165, 1.54) is 6.20 Å². The number of halogens is 2. The molecule has 6 heteroatoms. The maximum Gasteiger partial charge on any atom is 0.306 e. The zero-order chi connectivity index (χ0) is 9.30. The van der Waals surface area contributed by atoms with Gasteiger partial charge in [-0.2, -0.15) is 0 Å². The van der Waals surface area contributed by atoms with Crippen LogP contribution in [0.25, 0.3) is 0 Å². The maximum atomic E-state index is 10.5. The highest BCUT2D eigenvalue weighted by Crippen LogP contribution is 2.32. The quantitative estimate of drug-likeness (QED) is 0.569. The summed E-state index contributed by atoms with van der Waals surface area (Å²) in [4.78, 5) is 13.7. The van der Waals surface area contributed by atoms with Crippen LogP contribution in [0, 0.1) is 17.0 Å². The van der Waals surface area contributed by atoms with Gasteiger partial charge in [-0.25, -0.2) is 0 Å². The summed E-state index contributed by atoms with van der Waals surface area (Å²) in [6, 6.07) is 0. The van der Waals surface area contributed by atoms with Crippen LogP contribution in [0.3, 0.4) is 0 Å². The number of nitro groups is 1. The Morgan fingerprint density at radius 3 is 2.75 bits per heavy atom. The van der Waals surface area contributed by atoms with Gasteiger partial charge in [0.05, 0.1) is 9.95 Å². The minimum absolute atomic E-state index is 0.0810. The Bertz CT molecular complexity index is 343. The van der Waals surface area contributed by atoms with Gasteiger partial charge in [0, 0.05) is 6.20 Å². The summed E-state index contributed by atoms with van der Waals surface area (Å²) in [5.41, 5.74) is 0.263. The van der Waals surface area contributed by atoms with E-state index in [9.17, 15) is 10.1 Å². The molecule has 0 aliphatic heterocycles. The van der Waals surface area contributed by atoms with E-state index in [1.807, 2.05) is 0 Å². The summed E-state index contributed by atoms with van der Waals surface area (Å²) in [7, 11) is 0. The number of hydrogen-bond donors (Lipinski definition) is 0. The molecule has 0 saturated heterocycles. The van der Waals surface area contributed by atoms with Gasteiger partial charge in [-0.1, -0.05) is 11.6 Å². The lowest BCUT2D eigenvalue weighted by molar-refractivity contribution is -0.386. The molecule has 1 aromatic rings. The Kier molecular flexibility index (Phi) is 2.64. The van der Waals surface area contributed by atoms with E-state index >= 15 is 0 Å². The van der Waals surface area contributed by atoms with Gasteiger partial charge in [0.2, 0.25) is 0 Å². The largest absolute Gasteiger partial charge is 0.306 e. The van der Waals surface area contributed by atoms with Crippen LogP contribution in [0.4, 0.5) is 5.69 Å². The molecule has 4 nitrogen and oxygen atoms in total. The molecule has 0 fully saturated rings. The number of nitrogens with zero attached hydrogens (tertiary/aromatic N) is 2. The SMILES string of the molecule is Cc1ncc(Cl)c(Br)c1[N+](=O)[O-]. The Morgan fingerprint density at radius 1 is 1.75 bits per heavy atom. The highest BCUT2D eigenvalue weighted by atomic mass is 79.9. The molecule has 0 bridgehead atoms. The summed E-state index contributed by atoms with van der Waals surface area (Å²) in [6.45, 7) is 1.55. The van der Waals surface area contributed by atoms with Gasteiger partial charge < -0.3 is 0 Å². The van der Waals surface area contributed by atoms with Crippen molar-refractivity contribution in [2.24, 2.45) is 0 Å². The topological polar surface area (TPSA) is 56.0 Å². The van der Waals surface area contributed by atoms with Crippen LogP contribution >= 0.6 is 27.5 Å². The van der Waals surface area contributed by atoms with Crippen molar-refractivity contribution in [1.82, 2.24) is 4.98 Å². The minimum Gasteiger partial charge on any atom is -0.258 e. The van der Waals surface area contributed by atoms with Gasteiger partial charge in [-0.15, -0.1) is 0 Å². The van der Waals surface area contributed by atoms with Gasteiger partial charge in [0.15, 0.2) is 0 Å². The summed E-state index contributed by atoms with van der Waals surface area (Å²) in [5.74, 6) is 0. The van der Waals surface area contributed by atoms with Crippen LogP contribution in [-0.4, -0.2) is 9.91 Å². The normalized spacial score (nSPS) is 9.92. The van der Waals surface area contributed by atoms with Crippen molar-refractivity contribution < 1.29 is 4.92 Å². The molecular formula is C6H4BrClN2O2. The fourth-order valence-corrected chi connectivity index (χ4v) is 1.43. The zero-order valence-corrected chi connectivity index (χ0v) is 8.39. The summed E-state index contributed by atoms with van der Waals surface area (Å²) in [5, 5.41) is 10.7. The lowest BCUT2D eigenvalue weighted by Crippen LogP contribution is -1.95. The average Bonchev–Trinajstić information content (AvgIpc) is 1.97. The van der Waals surface area contributed by atoms with E-state index in [0.29, 0.717) is 5.69 Å². The van der Waals surface area contributed by atoms with Crippen LogP contribution in [0.5, 0.6) is 0 Å². The summed E-state index contributed by atoms with van der Waals surface area (Å²) < 4.78 is 0.279. The number of aryl methyl sites for hydroxylation is 1. The second-order valence-electron chi connectivity index (χ2n) is 2.11. The molecule has 0 aliphatic carbocycles. The Balaban J connectivity index is 3.43. The van der Waals surface area contributed by atoms with E-state index < -0.39 is 4.92 Å². The van der Waals surface area contributed by atoms with Crippen LogP contribution < -0.4 is 0 Å². The first-order chi connectivity index (χ1) is 5.54. The van der Waals surface area contributed by atoms with Crippen LogP contribution in [0.1, 0.15) is 5.69 Å². The average molecular weight is 251 g/mol. The highest BCUT2D eigenvalue weighted by molar-refractivity contribution is 9.10.